The molecule has 2 rings (SSSR count). The van der Waals surface area contributed by atoms with Crippen molar-refractivity contribution in [1.29, 1.82) is 0 Å². The summed E-state index contributed by atoms with van der Waals surface area (Å²) in [5.74, 6) is -0.216. The number of thiophene rings is 1. The van der Waals surface area contributed by atoms with Gasteiger partial charge in [0, 0.05) is 14.9 Å². The highest BCUT2D eigenvalue weighted by molar-refractivity contribution is 9.10. The van der Waals surface area contributed by atoms with Gasteiger partial charge < -0.3 is 0 Å². The summed E-state index contributed by atoms with van der Waals surface area (Å²) in [5, 5.41) is 6.06. The summed E-state index contributed by atoms with van der Waals surface area (Å²) in [7, 11) is 0. The zero-order chi connectivity index (χ0) is 13.0. The van der Waals surface area contributed by atoms with Gasteiger partial charge in [0.25, 0.3) is 5.91 Å². The lowest BCUT2D eigenvalue weighted by molar-refractivity contribution is 0.0955. The second kappa shape index (κ2) is 5.93. The molecule has 1 aromatic carbocycles. The molecule has 0 fully saturated rings. The molecule has 0 aliphatic heterocycles. The van der Waals surface area contributed by atoms with Gasteiger partial charge in [-0.25, -0.2) is 5.43 Å². The second-order valence-corrected chi connectivity index (χ2v) is 5.49. The molecule has 0 radical (unpaired) electrons. The topological polar surface area (TPSA) is 41.5 Å². The summed E-state index contributed by atoms with van der Waals surface area (Å²) in [4.78, 5) is 12.9. The van der Waals surface area contributed by atoms with Crippen LogP contribution in [0.3, 0.4) is 0 Å². The summed E-state index contributed by atoms with van der Waals surface area (Å²) in [6.07, 6.45) is 0. The van der Waals surface area contributed by atoms with Gasteiger partial charge in [0.2, 0.25) is 0 Å². The van der Waals surface area contributed by atoms with Crippen LogP contribution in [-0.4, -0.2) is 11.6 Å². The molecule has 0 atom stereocenters. The van der Waals surface area contributed by atoms with Crippen LogP contribution in [0.25, 0.3) is 0 Å². The van der Waals surface area contributed by atoms with Crippen LogP contribution in [0, 0.1) is 0 Å². The third-order valence-corrected chi connectivity index (χ3v) is 3.76. The van der Waals surface area contributed by atoms with E-state index in [0.29, 0.717) is 5.56 Å². The fourth-order valence-corrected chi connectivity index (χ4v) is 2.44. The van der Waals surface area contributed by atoms with Gasteiger partial charge in [-0.15, -0.1) is 11.3 Å². The van der Waals surface area contributed by atoms with Gasteiger partial charge in [-0.1, -0.05) is 28.1 Å². The number of nitrogens with one attached hydrogen (secondary N) is 1. The van der Waals surface area contributed by atoms with Crippen LogP contribution >= 0.6 is 27.3 Å². The molecular weight excluding hydrogens is 312 g/mol. The number of rotatable bonds is 3. The minimum absolute atomic E-state index is 0.216. The number of halogens is 1. The predicted octanol–water partition coefficient (Wildman–Crippen LogP) is 3.66. The minimum Gasteiger partial charge on any atom is -0.267 e. The molecule has 5 heteroatoms. The van der Waals surface area contributed by atoms with Crippen molar-refractivity contribution in [2.45, 2.75) is 6.92 Å². The number of amides is 1. The van der Waals surface area contributed by atoms with E-state index in [-0.39, 0.29) is 5.91 Å². The molecule has 0 saturated carbocycles. The molecule has 2 aromatic rings. The van der Waals surface area contributed by atoms with Crippen molar-refractivity contribution >= 4 is 38.9 Å². The van der Waals surface area contributed by atoms with Crippen molar-refractivity contribution in [2.24, 2.45) is 5.10 Å². The van der Waals surface area contributed by atoms with Gasteiger partial charge in [0.15, 0.2) is 0 Å². The maximum atomic E-state index is 11.8. The van der Waals surface area contributed by atoms with Crippen LogP contribution in [0.15, 0.2) is 51.4 Å². The zero-order valence-corrected chi connectivity index (χ0v) is 12.1. The molecule has 0 saturated heterocycles. The van der Waals surface area contributed by atoms with Gasteiger partial charge in [0.05, 0.1) is 5.71 Å². The largest absolute Gasteiger partial charge is 0.271 e. The second-order valence-electron chi connectivity index (χ2n) is 3.63. The average molecular weight is 323 g/mol. The van der Waals surface area contributed by atoms with Crippen LogP contribution in [0.4, 0.5) is 0 Å². The van der Waals surface area contributed by atoms with Crippen molar-refractivity contribution in [3.05, 3.63) is 56.7 Å². The molecule has 1 aromatic heterocycles. The number of benzene rings is 1. The molecule has 0 bridgehead atoms. The SMILES string of the molecule is CC(=NNC(=O)c1cccc(Br)c1)c1cccs1. The lowest BCUT2D eigenvalue weighted by Gasteiger charge is -2.01. The summed E-state index contributed by atoms with van der Waals surface area (Å²) in [5.41, 5.74) is 3.92. The maximum Gasteiger partial charge on any atom is 0.271 e. The van der Waals surface area contributed by atoms with Crippen molar-refractivity contribution in [3.63, 3.8) is 0 Å². The Morgan fingerprint density at radius 1 is 1.33 bits per heavy atom. The van der Waals surface area contributed by atoms with Gasteiger partial charge in [-0.3, -0.25) is 4.79 Å². The molecule has 0 aliphatic rings. The standard InChI is InChI=1S/C13H11BrN2OS/c1-9(12-6-3-7-18-12)15-16-13(17)10-4-2-5-11(14)8-10/h2-8H,1H3,(H,16,17). The fraction of sp³-hybridized carbons (Fsp3) is 0.0769. The van der Waals surface area contributed by atoms with Crippen molar-refractivity contribution < 1.29 is 4.79 Å². The molecule has 18 heavy (non-hydrogen) atoms. The lowest BCUT2D eigenvalue weighted by Crippen LogP contribution is -2.19. The zero-order valence-electron chi connectivity index (χ0n) is 9.68. The number of carbonyl (C=O) groups is 1. The molecule has 0 spiro atoms. The fourth-order valence-electron chi connectivity index (χ4n) is 1.37. The summed E-state index contributed by atoms with van der Waals surface area (Å²) < 4.78 is 0.870. The van der Waals surface area contributed by atoms with Crippen LogP contribution in [0.2, 0.25) is 0 Å². The molecule has 92 valence electrons. The van der Waals surface area contributed by atoms with E-state index in [1.54, 1.807) is 23.5 Å². The Balaban J connectivity index is 2.07. The molecule has 1 amide bonds. The minimum atomic E-state index is -0.216. The lowest BCUT2D eigenvalue weighted by atomic mass is 10.2. The Bertz CT molecular complexity index is 578. The molecule has 1 heterocycles. The van der Waals surface area contributed by atoms with E-state index < -0.39 is 0 Å². The van der Waals surface area contributed by atoms with Crippen LogP contribution < -0.4 is 5.43 Å². The highest BCUT2D eigenvalue weighted by Gasteiger charge is 2.05. The van der Waals surface area contributed by atoms with Gasteiger partial charge in [0.1, 0.15) is 0 Å². The van der Waals surface area contributed by atoms with Crippen molar-refractivity contribution in [2.75, 3.05) is 0 Å². The summed E-state index contributed by atoms with van der Waals surface area (Å²) in [6, 6.07) is 11.1. The van der Waals surface area contributed by atoms with E-state index in [1.807, 2.05) is 36.6 Å². The van der Waals surface area contributed by atoms with Crippen molar-refractivity contribution in [1.82, 2.24) is 5.43 Å². The first kappa shape index (κ1) is 13.0. The van der Waals surface area contributed by atoms with Gasteiger partial charge in [-0.05, 0) is 36.6 Å². The van der Waals surface area contributed by atoms with Crippen LogP contribution in [-0.2, 0) is 0 Å². The third-order valence-electron chi connectivity index (χ3n) is 2.29. The Kier molecular flexibility index (Phi) is 4.28. The highest BCUT2D eigenvalue weighted by atomic mass is 79.9. The highest BCUT2D eigenvalue weighted by Crippen LogP contribution is 2.12. The molecule has 0 unspecified atom stereocenters. The molecule has 1 N–H and O–H groups in total. The number of hydrogen-bond acceptors (Lipinski definition) is 3. The van der Waals surface area contributed by atoms with Crippen molar-refractivity contribution in [3.8, 4) is 0 Å². The quantitative estimate of drug-likeness (QED) is 0.680. The monoisotopic (exact) mass is 322 g/mol. The molecule has 0 aliphatic carbocycles. The van der Waals surface area contributed by atoms with Crippen LogP contribution in [0.5, 0.6) is 0 Å². The predicted molar refractivity (Wildman–Crippen MR) is 78.1 cm³/mol. The normalized spacial score (nSPS) is 11.3. The van der Waals surface area contributed by atoms with E-state index in [1.165, 1.54) is 0 Å². The first-order valence-corrected chi connectivity index (χ1v) is 6.98. The summed E-state index contributed by atoms with van der Waals surface area (Å²) >= 11 is 4.92. The Hall–Kier alpha value is -1.46. The third kappa shape index (κ3) is 3.27. The molecule has 3 nitrogen and oxygen atoms in total. The van der Waals surface area contributed by atoms with E-state index >= 15 is 0 Å². The number of hydrazone groups is 1. The van der Waals surface area contributed by atoms with E-state index in [9.17, 15) is 4.79 Å². The Morgan fingerprint density at radius 2 is 2.17 bits per heavy atom. The smallest absolute Gasteiger partial charge is 0.267 e. The first-order valence-electron chi connectivity index (χ1n) is 5.31. The Labute approximate surface area is 118 Å². The Morgan fingerprint density at radius 3 is 2.83 bits per heavy atom. The number of carbonyl (C=O) groups excluding carboxylic acids is 1. The molecular formula is C13H11BrN2OS. The summed E-state index contributed by atoms with van der Waals surface area (Å²) in [6.45, 7) is 1.87. The van der Waals surface area contributed by atoms with Gasteiger partial charge in [-0.2, -0.15) is 5.10 Å². The van der Waals surface area contributed by atoms with Crippen LogP contribution in [0.1, 0.15) is 22.2 Å². The number of nitrogens with zero attached hydrogens (tertiary/aromatic N) is 1. The maximum absolute atomic E-state index is 11.8. The van der Waals surface area contributed by atoms with E-state index in [2.05, 4.69) is 26.5 Å². The number of hydrogen-bond donors (Lipinski definition) is 1. The average Bonchev–Trinajstić information content (AvgIpc) is 2.89. The first-order chi connectivity index (χ1) is 8.66. The van der Waals surface area contributed by atoms with E-state index in [4.69, 9.17) is 0 Å². The van der Waals surface area contributed by atoms with Gasteiger partial charge >= 0.3 is 0 Å². The van der Waals surface area contributed by atoms with E-state index in [0.717, 1.165) is 15.1 Å².